The summed E-state index contributed by atoms with van der Waals surface area (Å²) in [6.07, 6.45) is 1.97. The van der Waals surface area contributed by atoms with Crippen molar-refractivity contribution >= 4 is 38.0 Å². The van der Waals surface area contributed by atoms with Gasteiger partial charge in [-0.3, -0.25) is 4.99 Å². The van der Waals surface area contributed by atoms with Gasteiger partial charge in [0.05, 0.1) is 18.7 Å². The SMILES string of the molecule is C=C=C.C=Nc1c(C)cc(C)cc1OC.CC.CCN.CCOC1=C(C)C=C(C(CN)c2ccccc2)NC1c1cc(Cl)c(F)cc1F.CN.[B]=C. The molecular weight excluding hydrogens is 679 g/mol. The van der Waals surface area contributed by atoms with Gasteiger partial charge in [-0.05, 0) is 88.5 Å². The van der Waals surface area contributed by atoms with Crippen LogP contribution in [0.1, 0.15) is 68.8 Å². The molecule has 7 N–H and O–H groups in total. The molecule has 285 valence electrons. The van der Waals surface area contributed by atoms with E-state index >= 15 is 0 Å². The molecule has 7 nitrogen and oxygen atoms in total. The van der Waals surface area contributed by atoms with Crippen LogP contribution in [0.25, 0.3) is 0 Å². The topological polar surface area (TPSA) is 121 Å². The molecule has 0 saturated heterocycles. The van der Waals surface area contributed by atoms with Crippen LogP contribution in [0, 0.1) is 25.5 Å². The monoisotopic (exact) mass is 738 g/mol. The third-order valence-electron chi connectivity index (χ3n) is 6.59. The summed E-state index contributed by atoms with van der Waals surface area (Å²) >= 11 is 5.93. The zero-order chi connectivity index (χ0) is 40.8. The van der Waals surface area contributed by atoms with E-state index in [-0.39, 0.29) is 16.5 Å². The fourth-order valence-electron chi connectivity index (χ4n) is 4.75. The zero-order valence-corrected chi connectivity index (χ0v) is 33.3. The third kappa shape index (κ3) is 17.3. The van der Waals surface area contributed by atoms with Gasteiger partial charge >= 0.3 is 14.0 Å². The van der Waals surface area contributed by atoms with Crippen molar-refractivity contribution in [2.24, 2.45) is 22.2 Å². The molecule has 1 aliphatic rings. The third-order valence-corrected chi connectivity index (χ3v) is 6.87. The van der Waals surface area contributed by atoms with Crippen molar-refractivity contribution in [2.45, 2.75) is 60.4 Å². The van der Waals surface area contributed by atoms with Gasteiger partial charge in [0.15, 0.2) is 0 Å². The number of methoxy groups -OCH3 is 1. The average molecular weight is 739 g/mol. The molecule has 2 unspecified atom stereocenters. The van der Waals surface area contributed by atoms with Crippen molar-refractivity contribution in [2.75, 3.05) is 33.9 Å². The Bertz CT molecular complexity index is 1550. The van der Waals surface area contributed by atoms with Crippen molar-refractivity contribution in [3.05, 3.63) is 136 Å². The molecule has 0 spiro atoms. The predicted molar refractivity (Wildman–Crippen MR) is 223 cm³/mol. The van der Waals surface area contributed by atoms with Gasteiger partial charge in [0.1, 0.15) is 34.9 Å². The van der Waals surface area contributed by atoms with E-state index < -0.39 is 17.7 Å². The molecular formula is C41H60BClF2N5O2. The van der Waals surface area contributed by atoms with Crippen LogP contribution in [0.2, 0.25) is 5.02 Å². The molecule has 52 heavy (non-hydrogen) atoms. The zero-order valence-electron chi connectivity index (χ0n) is 32.6. The fourth-order valence-corrected chi connectivity index (χ4v) is 4.92. The summed E-state index contributed by atoms with van der Waals surface area (Å²) < 4.78 is 39.3. The molecule has 3 aromatic rings. The van der Waals surface area contributed by atoms with E-state index in [1.165, 1.54) is 18.7 Å². The van der Waals surface area contributed by atoms with E-state index in [0.29, 0.717) is 18.9 Å². The molecule has 0 fully saturated rings. The maximum atomic E-state index is 14.6. The molecule has 0 aromatic heterocycles. The molecule has 0 amide bonds. The second-order valence-corrected chi connectivity index (χ2v) is 10.5. The Morgan fingerprint density at radius 2 is 1.52 bits per heavy atom. The number of nitrogens with one attached hydrogen (secondary N) is 1. The Hall–Kier alpha value is -4.31. The first-order valence-corrected chi connectivity index (χ1v) is 17.2. The summed E-state index contributed by atoms with van der Waals surface area (Å²) in [7, 11) is 7.39. The van der Waals surface area contributed by atoms with Gasteiger partial charge in [-0.25, -0.2) is 8.78 Å². The summed E-state index contributed by atoms with van der Waals surface area (Å²) in [4.78, 5) is 3.91. The molecule has 1 radical (unpaired) electrons. The van der Waals surface area contributed by atoms with Crippen molar-refractivity contribution in [1.82, 2.24) is 5.32 Å². The minimum absolute atomic E-state index is 0.0965. The van der Waals surface area contributed by atoms with Crippen LogP contribution < -0.4 is 27.3 Å². The molecule has 3 aromatic carbocycles. The average Bonchev–Trinajstić information content (AvgIpc) is 3.15. The standard InChI is InChI=1S/C22H23ClF2N2O.C10H13NO.C3H4.C2H7N.C2H6.CH2B.CH5N/c1-3-28-22-13(2)9-20(16(12-26)14-7-5-4-6-8-14)27-21(22)15-10-17(23)19(25)11-18(15)24;1-7-5-8(2)10(11-3)9(6-7)12-4;1-3-2;1-2-3;3*1-2/h4-11,16,21,27H,3,12,26H2,1-2H3;5-6H,3H2,1-2,4H3;1-2H2;2-3H2,1H3;1-2H3;1H2;2H2,1H3. The minimum atomic E-state index is -0.794. The molecule has 0 bridgehead atoms. The number of nitrogens with two attached hydrogens (primary N) is 3. The Morgan fingerprint density at radius 3 is 1.98 bits per heavy atom. The van der Waals surface area contributed by atoms with Gasteiger partial charge < -0.3 is 32.0 Å². The van der Waals surface area contributed by atoms with Crippen LogP contribution >= 0.6 is 11.6 Å². The van der Waals surface area contributed by atoms with Crippen LogP contribution in [0.4, 0.5) is 14.5 Å². The van der Waals surface area contributed by atoms with Gasteiger partial charge in [0.25, 0.3) is 0 Å². The number of nitrogens with zero attached hydrogens (tertiary/aromatic N) is 1. The summed E-state index contributed by atoms with van der Waals surface area (Å²) in [5, 5.41) is 3.21. The molecule has 0 saturated carbocycles. The quantitative estimate of drug-likeness (QED) is 0.0793. The number of dihydropyridines is 1. The fraction of sp³-hybridized carbons (Fsp3) is 0.341. The Morgan fingerprint density at radius 1 is 0.981 bits per heavy atom. The number of rotatable bonds is 8. The van der Waals surface area contributed by atoms with Gasteiger partial charge in [-0.2, -0.15) is 0 Å². The molecule has 11 heteroatoms. The second kappa shape index (κ2) is 31.4. The second-order valence-electron chi connectivity index (χ2n) is 10.1. The van der Waals surface area contributed by atoms with Gasteiger partial charge in [-0.1, -0.05) is 81.9 Å². The van der Waals surface area contributed by atoms with Crippen LogP contribution in [-0.4, -0.2) is 54.5 Å². The van der Waals surface area contributed by atoms with Crippen LogP contribution in [-0.2, 0) is 4.74 Å². The normalized spacial score (nSPS) is 12.6. The Kier molecular flexibility index (Phi) is 31.5. The van der Waals surface area contributed by atoms with Crippen molar-refractivity contribution in [1.29, 1.82) is 0 Å². The van der Waals surface area contributed by atoms with Crippen molar-refractivity contribution < 1.29 is 18.3 Å². The van der Waals surface area contributed by atoms with Crippen LogP contribution in [0.5, 0.6) is 5.75 Å². The van der Waals surface area contributed by atoms with Gasteiger partial charge in [0.2, 0.25) is 0 Å². The number of hydrogen-bond acceptors (Lipinski definition) is 7. The first-order chi connectivity index (χ1) is 25.0. The van der Waals surface area contributed by atoms with Crippen LogP contribution in [0.15, 0.2) is 102 Å². The number of benzene rings is 3. The number of ether oxygens (including phenoxy) is 2. The van der Waals surface area contributed by atoms with Gasteiger partial charge in [-0.15, -0.1) is 5.73 Å². The Labute approximate surface area is 318 Å². The molecule has 2 atom stereocenters. The number of aryl methyl sites for hydroxylation is 2. The summed E-state index contributed by atoms with van der Waals surface area (Å²) in [6.45, 7) is 27.7. The summed E-state index contributed by atoms with van der Waals surface area (Å²) in [5.74, 6) is -0.202. The van der Waals surface area contributed by atoms with Crippen molar-refractivity contribution in [3.63, 3.8) is 0 Å². The number of aliphatic imine (C=N–C) groups is 1. The van der Waals surface area contributed by atoms with E-state index in [1.54, 1.807) is 7.11 Å². The van der Waals surface area contributed by atoms with E-state index in [4.69, 9.17) is 32.5 Å². The van der Waals surface area contributed by atoms with Crippen molar-refractivity contribution in [3.8, 4) is 5.75 Å². The predicted octanol–water partition coefficient (Wildman–Crippen LogP) is 8.95. The van der Waals surface area contributed by atoms with Crippen LogP contribution in [0.3, 0.4) is 0 Å². The molecule has 1 aliphatic heterocycles. The van der Waals surface area contributed by atoms with E-state index in [1.807, 2.05) is 90.9 Å². The van der Waals surface area contributed by atoms with Gasteiger partial charge in [0, 0.05) is 29.8 Å². The Balaban J connectivity index is -0.000000829. The molecule has 0 aliphatic carbocycles. The molecule has 4 rings (SSSR count). The number of hydrogen-bond donors (Lipinski definition) is 4. The number of halogens is 3. The molecule has 1 heterocycles. The number of allylic oxidation sites excluding steroid dienone is 2. The maximum absolute atomic E-state index is 14.6. The first kappa shape index (κ1) is 52.1. The van der Waals surface area contributed by atoms with E-state index in [0.717, 1.165) is 46.4 Å². The van der Waals surface area contributed by atoms with E-state index in [9.17, 15) is 8.78 Å². The first-order valence-electron chi connectivity index (χ1n) is 16.8. The van der Waals surface area contributed by atoms with E-state index in [2.05, 4.69) is 61.7 Å². The summed E-state index contributed by atoms with van der Waals surface area (Å²) in [6, 6.07) is 15.3. The summed E-state index contributed by atoms with van der Waals surface area (Å²) in [5.41, 5.74) is 23.7.